The number of ether oxygens (including phenoxy) is 5. The predicted octanol–water partition coefficient (Wildman–Crippen LogP) is 15.1. The van der Waals surface area contributed by atoms with E-state index in [0.29, 0.717) is 77.2 Å². The molecule has 0 aliphatic heterocycles. The van der Waals surface area contributed by atoms with E-state index in [9.17, 15) is 29.1 Å². The molecule has 19 aliphatic carbocycles. The first-order valence-corrected chi connectivity index (χ1v) is 38.3. The molecule has 19 saturated carbocycles. The number of carbonyl (C=O) groups excluding carboxylic acids is 5. The average Bonchev–Trinajstić information content (AvgIpc) is 1.56. The first-order chi connectivity index (χ1) is 43.9. The van der Waals surface area contributed by atoms with Gasteiger partial charge in [-0.25, -0.2) is 13.1 Å². The van der Waals surface area contributed by atoms with Gasteiger partial charge in [0.25, 0.3) is 0 Å². The Hall–Kier alpha value is -3.71. The molecule has 0 spiro atoms. The van der Waals surface area contributed by atoms with Crippen LogP contribution in [0.4, 0.5) is 0 Å². The Morgan fingerprint density at radius 2 is 0.750 bits per heavy atom. The number of nitrogens with zero attached hydrogens (tertiary/aromatic N) is 2. The quantitative estimate of drug-likeness (QED) is 0.107. The highest BCUT2D eigenvalue weighted by Gasteiger charge is 2.74. The van der Waals surface area contributed by atoms with Gasteiger partial charge in [-0.05, 0) is 298 Å². The van der Waals surface area contributed by atoms with Gasteiger partial charge in [0.05, 0.1) is 6.10 Å². The monoisotopic (exact) mass is 1270 g/mol. The van der Waals surface area contributed by atoms with Crippen LogP contribution in [-0.2, 0) is 47.7 Å². The summed E-state index contributed by atoms with van der Waals surface area (Å²) < 4.78 is 28.8. The van der Waals surface area contributed by atoms with Crippen LogP contribution in [0.2, 0.25) is 0 Å². The number of esters is 5. The first kappa shape index (κ1) is 64.3. The van der Waals surface area contributed by atoms with E-state index in [1.54, 1.807) is 20.8 Å². The molecule has 0 aromatic rings. The number of carbonyl (C=O) groups is 5. The van der Waals surface area contributed by atoms with Crippen LogP contribution < -0.4 is 0 Å². The molecule has 0 aromatic carbocycles. The second-order valence-corrected chi connectivity index (χ2v) is 36.2. The molecule has 19 fully saturated rings. The molecule has 1 N–H and O–H groups in total. The number of fused-ring (bicyclic) bond motifs is 41. The highest BCUT2D eigenvalue weighted by molar-refractivity contribution is 5.68. The van der Waals surface area contributed by atoms with E-state index < -0.39 is 0 Å². The topological polar surface area (TPSA) is 160 Å². The summed E-state index contributed by atoms with van der Waals surface area (Å²) in [5.41, 5.74) is -0.793. The number of hydrogen-bond acceptors (Lipinski definition) is 11. The zero-order valence-corrected chi connectivity index (χ0v) is 57.7. The van der Waals surface area contributed by atoms with Gasteiger partial charge in [0.15, 0.2) is 0 Å². The van der Waals surface area contributed by atoms with Gasteiger partial charge >= 0.3 is 29.8 Å². The van der Waals surface area contributed by atoms with E-state index in [1.165, 1.54) is 104 Å². The molecule has 36 atom stereocenters. The van der Waals surface area contributed by atoms with E-state index in [-0.39, 0.29) is 64.0 Å². The third kappa shape index (κ3) is 9.94. The number of aliphatic hydroxyl groups is 1. The fourth-order valence-corrected chi connectivity index (χ4v) is 31.2. The molecule has 0 heterocycles. The van der Waals surface area contributed by atoms with Crippen molar-refractivity contribution in [3.05, 3.63) is 22.8 Å². The molecule has 19 aliphatic rings. The van der Waals surface area contributed by atoms with E-state index in [1.807, 2.05) is 0 Å². The SMILES string of the molecule is CC(=O)OC1(C)CCC2C3CCC(C3)C2C1.CCC1(OC(C)=O)CC2CC1C1C3CC(O)C(C3)C21.CCC1(OC(C)=O)CC2CC1C1C3CCC(C3)C21.[C-]#[N+]C1CC2CC1C1C3CC(C21)C(C)(OC(C)=O)C3.[C-]#[N+]C1CC2CC1C1C3CC(C21)C(CC)(OC(C)=O)C3. The Kier molecular flexibility index (Phi) is 16.2. The second kappa shape index (κ2) is 23.2. The standard InChI is InChI=1S/C17H23NO2.C16H21NO2.C16H24O3.C16H24O2.C14H22O2/c1-4-17(20-9(2)19)8-11-6-13(17)16-10-5-12(15(11)16)14(7-10)18-3;1-8(18)19-16(2)7-10-5-12(16)15-9-4-11(14(10)15)13(6-9)17-3;1-3-16(19-8(2)17)7-10-5-12(16)15-9-4-11(14(10)15)13(18)6-9;1-3-16(18-9(2)17)8-12-7-13(16)15-11-5-4-10(6-11)14(12)15;1-9(15)16-14(2)6-5-12-10-3-4-11(7-10)13(12)8-14/h10-16H,4-8H2,1-2H3;9-15H,4-7H2,1-2H3;9-15,18H,3-7H2,1-2H3;10-15H,3-8H2,1-2H3;10-13H,3-8H2,1-2H3. The zero-order valence-electron chi connectivity index (χ0n) is 57.7. The Morgan fingerprint density at radius 1 is 0.370 bits per heavy atom. The van der Waals surface area contributed by atoms with Crippen molar-refractivity contribution in [3.63, 3.8) is 0 Å². The van der Waals surface area contributed by atoms with Crippen molar-refractivity contribution in [2.75, 3.05) is 0 Å². The lowest BCUT2D eigenvalue weighted by Gasteiger charge is -2.46. The lowest BCUT2D eigenvalue weighted by molar-refractivity contribution is -0.171. The van der Waals surface area contributed by atoms with E-state index in [4.69, 9.17) is 36.8 Å². The minimum Gasteiger partial charge on any atom is -0.460 e. The third-order valence-corrected chi connectivity index (χ3v) is 32.8. The fourth-order valence-electron chi connectivity index (χ4n) is 31.2. The van der Waals surface area contributed by atoms with Crippen LogP contribution in [0.5, 0.6) is 0 Å². The number of rotatable bonds is 8. The number of aliphatic hydroxyl groups excluding tert-OH is 1. The summed E-state index contributed by atoms with van der Waals surface area (Å²) in [7, 11) is 0. The molecule has 19 rings (SSSR count). The lowest BCUT2D eigenvalue weighted by atomic mass is 9.64. The summed E-state index contributed by atoms with van der Waals surface area (Å²) in [6, 6.07) is 0.593. The molecule has 18 bridgehead atoms. The molecule has 506 valence electrons. The van der Waals surface area contributed by atoms with Crippen molar-refractivity contribution in [2.24, 2.45) is 166 Å². The van der Waals surface area contributed by atoms with Crippen LogP contribution in [0.1, 0.15) is 236 Å². The van der Waals surface area contributed by atoms with Crippen molar-refractivity contribution in [1.29, 1.82) is 0 Å². The van der Waals surface area contributed by atoms with Crippen molar-refractivity contribution in [2.45, 2.75) is 282 Å². The summed E-state index contributed by atoms with van der Waals surface area (Å²) >= 11 is 0. The molecule has 36 unspecified atom stereocenters. The minimum atomic E-state index is -0.213. The van der Waals surface area contributed by atoms with Gasteiger partial charge in [-0.15, -0.1) is 0 Å². The maximum atomic E-state index is 11.5. The van der Waals surface area contributed by atoms with Crippen LogP contribution in [0.3, 0.4) is 0 Å². The summed E-state index contributed by atoms with van der Waals surface area (Å²) in [6.45, 7) is 33.4. The van der Waals surface area contributed by atoms with E-state index in [0.717, 1.165) is 178 Å². The van der Waals surface area contributed by atoms with Gasteiger partial charge in [-0.1, -0.05) is 20.8 Å². The van der Waals surface area contributed by atoms with E-state index in [2.05, 4.69) is 44.3 Å². The average molecular weight is 1270 g/mol. The molecule has 0 aromatic heterocycles. The van der Waals surface area contributed by atoms with Crippen LogP contribution in [-0.4, -0.2) is 81.1 Å². The van der Waals surface area contributed by atoms with Gasteiger partial charge in [0.2, 0.25) is 12.1 Å². The highest BCUT2D eigenvalue weighted by atomic mass is 16.6. The highest BCUT2D eigenvalue weighted by Crippen LogP contribution is 2.75. The van der Waals surface area contributed by atoms with Crippen LogP contribution >= 0.6 is 0 Å². The normalized spacial score (nSPS) is 55.2. The fraction of sp³-hybridized carbons (Fsp3) is 0.911. The lowest BCUT2D eigenvalue weighted by Crippen LogP contribution is -2.48. The summed E-state index contributed by atoms with van der Waals surface area (Å²) in [6.07, 6.45) is 31.5. The third-order valence-electron chi connectivity index (χ3n) is 32.8. The molecular formula is C79H114N2O11. The Balaban J connectivity index is 0.0000000956. The summed E-state index contributed by atoms with van der Waals surface area (Å²) in [4.78, 5) is 64.7. The number of hydrogen-bond donors (Lipinski definition) is 1. The molecule has 0 amide bonds. The van der Waals surface area contributed by atoms with E-state index >= 15 is 0 Å². The second-order valence-electron chi connectivity index (χ2n) is 36.2. The zero-order chi connectivity index (χ0) is 64.6. The van der Waals surface area contributed by atoms with Crippen molar-refractivity contribution < 1.29 is 52.8 Å². The van der Waals surface area contributed by atoms with Crippen molar-refractivity contribution in [1.82, 2.24) is 0 Å². The van der Waals surface area contributed by atoms with Gasteiger partial charge in [-0.3, -0.25) is 24.0 Å². The first-order valence-electron chi connectivity index (χ1n) is 38.3. The maximum Gasteiger partial charge on any atom is 0.303 e. The summed E-state index contributed by atoms with van der Waals surface area (Å²) in [5, 5.41) is 10.1. The molecule has 13 heteroatoms. The van der Waals surface area contributed by atoms with Gasteiger partial charge in [0.1, 0.15) is 28.0 Å². The van der Waals surface area contributed by atoms with Gasteiger partial charge < -0.3 is 38.5 Å². The smallest absolute Gasteiger partial charge is 0.303 e. The van der Waals surface area contributed by atoms with Gasteiger partial charge in [0, 0.05) is 83.0 Å². The Labute approximate surface area is 550 Å². The summed E-state index contributed by atoms with van der Waals surface area (Å²) in [5.74, 6) is 21.1. The van der Waals surface area contributed by atoms with Crippen LogP contribution in [0.15, 0.2) is 0 Å². The molecule has 0 radical (unpaired) electrons. The Bertz CT molecular complexity index is 3010. The molecule has 13 nitrogen and oxygen atoms in total. The van der Waals surface area contributed by atoms with Crippen molar-refractivity contribution >= 4 is 29.8 Å². The molecule has 92 heavy (non-hydrogen) atoms. The molecular weight excluding hydrogens is 1150 g/mol. The largest absolute Gasteiger partial charge is 0.460 e. The maximum absolute atomic E-state index is 11.5. The predicted molar refractivity (Wildman–Crippen MR) is 345 cm³/mol. The van der Waals surface area contributed by atoms with Gasteiger partial charge in [-0.2, -0.15) is 0 Å². The van der Waals surface area contributed by atoms with Crippen LogP contribution in [0.25, 0.3) is 9.69 Å². The molecule has 0 saturated heterocycles. The Morgan fingerprint density at radius 3 is 1.23 bits per heavy atom. The van der Waals surface area contributed by atoms with Crippen molar-refractivity contribution in [3.8, 4) is 0 Å². The minimum absolute atomic E-state index is 0.0460. The van der Waals surface area contributed by atoms with Crippen LogP contribution in [0, 0.1) is 179 Å².